The normalized spacial score (nSPS) is 12.0. The molecule has 1 unspecified atom stereocenters. The molecule has 0 aliphatic carbocycles. The van der Waals surface area contributed by atoms with Crippen molar-refractivity contribution in [2.75, 3.05) is 0 Å². The topological polar surface area (TPSA) is 68.0 Å². The third-order valence-corrected chi connectivity index (χ3v) is 5.84. The smallest absolute Gasteiger partial charge is 0.227 e. The SMILES string of the molecule is O=C(CCc1nc(-c2ccsc2)no1)NC(c1ccc(Cl)cc1)c1ccsc1. The van der Waals surface area contributed by atoms with Gasteiger partial charge in [-0.05, 0) is 51.5 Å². The zero-order valence-corrected chi connectivity index (χ0v) is 17.1. The molecule has 142 valence electrons. The van der Waals surface area contributed by atoms with Gasteiger partial charge < -0.3 is 9.84 Å². The monoisotopic (exact) mass is 429 g/mol. The largest absolute Gasteiger partial charge is 0.345 e. The van der Waals surface area contributed by atoms with Gasteiger partial charge in [-0.25, -0.2) is 0 Å². The highest BCUT2D eigenvalue weighted by atomic mass is 35.5. The maximum absolute atomic E-state index is 12.6. The number of nitrogens with zero attached hydrogens (tertiary/aromatic N) is 2. The Hall–Kier alpha value is -2.48. The lowest BCUT2D eigenvalue weighted by Crippen LogP contribution is -2.29. The molecule has 28 heavy (non-hydrogen) atoms. The maximum atomic E-state index is 12.6. The Balaban J connectivity index is 1.41. The lowest BCUT2D eigenvalue weighted by atomic mass is 10.0. The van der Waals surface area contributed by atoms with Crippen LogP contribution in [0.1, 0.15) is 29.5 Å². The molecule has 1 aromatic carbocycles. The van der Waals surface area contributed by atoms with Crippen LogP contribution < -0.4 is 5.32 Å². The molecule has 0 spiro atoms. The molecule has 4 rings (SSSR count). The van der Waals surface area contributed by atoms with Gasteiger partial charge in [-0.1, -0.05) is 28.9 Å². The average molecular weight is 430 g/mol. The second kappa shape index (κ2) is 8.68. The zero-order chi connectivity index (χ0) is 19.3. The molecular weight excluding hydrogens is 414 g/mol. The number of thiophene rings is 2. The zero-order valence-electron chi connectivity index (χ0n) is 14.7. The molecule has 8 heteroatoms. The van der Waals surface area contributed by atoms with Crippen LogP contribution in [0.2, 0.25) is 5.02 Å². The molecule has 1 atom stereocenters. The average Bonchev–Trinajstić information content (AvgIpc) is 3.47. The van der Waals surface area contributed by atoms with Crippen molar-refractivity contribution in [1.82, 2.24) is 15.5 Å². The van der Waals surface area contributed by atoms with Crippen molar-refractivity contribution >= 4 is 40.2 Å². The minimum absolute atomic E-state index is 0.0820. The van der Waals surface area contributed by atoms with Crippen LogP contribution >= 0.6 is 34.3 Å². The number of hydrogen-bond acceptors (Lipinski definition) is 6. The highest BCUT2D eigenvalue weighted by Gasteiger charge is 2.18. The maximum Gasteiger partial charge on any atom is 0.227 e. The Bertz CT molecular complexity index is 1030. The number of hydrogen-bond donors (Lipinski definition) is 1. The highest BCUT2D eigenvalue weighted by molar-refractivity contribution is 7.08. The van der Waals surface area contributed by atoms with Crippen molar-refractivity contribution in [3.05, 3.63) is 80.0 Å². The fourth-order valence-electron chi connectivity index (χ4n) is 2.77. The summed E-state index contributed by atoms with van der Waals surface area (Å²) in [5.74, 6) is 0.922. The van der Waals surface area contributed by atoms with Crippen molar-refractivity contribution in [1.29, 1.82) is 0 Å². The molecule has 0 saturated heterocycles. The van der Waals surface area contributed by atoms with Crippen LogP contribution in [0.4, 0.5) is 0 Å². The first-order valence-corrected chi connectivity index (χ1v) is 10.9. The first-order chi connectivity index (χ1) is 13.7. The Kier molecular flexibility index (Phi) is 5.85. The van der Waals surface area contributed by atoms with E-state index in [-0.39, 0.29) is 18.4 Å². The van der Waals surface area contributed by atoms with E-state index in [4.69, 9.17) is 16.1 Å². The summed E-state index contributed by atoms with van der Waals surface area (Å²) in [5.41, 5.74) is 2.94. The minimum atomic E-state index is -0.222. The van der Waals surface area contributed by atoms with E-state index in [9.17, 15) is 4.79 Å². The van der Waals surface area contributed by atoms with E-state index in [1.54, 1.807) is 22.7 Å². The summed E-state index contributed by atoms with van der Waals surface area (Å²) in [6.07, 6.45) is 0.652. The fraction of sp³-hybridized carbons (Fsp3) is 0.150. The van der Waals surface area contributed by atoms with Crippen molar-refractivity contribution in [2.24, 2.45) is 0 Å². The van der Waals surface area contributed by atoms with E-state index in [2.05, 4.69) is 15.5 Å². The number of benzene rings is 1. The standard InChI is InChI=1S/C20H16ClN3O2S2/c21-16-3-1-13(2-4-16)19(14-7-9-27-11-14)22-17(25)5-6-18-23-20(24-26-18)15-8-10-28-12-15/h1-4,7-12,19H,5-6H2,(H,22,25). The van der Waals surface area contributed by atoms with Crippen LogP contribution in [0, 0.1) is 0 Å². The third kappa shape index (κ3) is 4.49. The Morgan fingerprint density at radius 2 is 1.86 bits per heavy atom. The first kappa shape index (κ1) is 18.9. The molecule has 5 nitrogen and oxygen atoms in total. The van der Waals surface area contributed by atoms with Crippen molar-refractivity contribution in [2.45, 2.75) is 18.9 Å². The van der Waals surface area contributed by atoms with E-state index in [0.29, 0.717) is 23.2 Å². The van der Waals surface area contributed by atoms with E-state index >= 15 is 0 Å². The van der Waals surface area contributed by atoms with Crippen LogP contribution in [-0.4, -0.2) is 16.0 Å². The number of rotatable bonds is 7. The van der Waals surface area contributed by atoms with Gasteiger partial charge >= 0.3 is 0 Å². The predicted molar refractivity (Wildman–Crippen MR) is 112 cm³/mol. The summed E-state index contributed by atoms with van der Waals surface area (Å²) in [6, 6.07) is 11.2. The minimum Gasteiger partial charge on any atom is -0.345 e. The van der Waals surface area contributed by atoms with Crippen molar-refractivity contribution in [3.63, 3.8) is 0 Å². The summed E-state index contributed by atoms with van der Waals surface area (Å²) in [6.45, 7) is 0. The van der Waals surface area contributed by atoms with E-state index in [1.807, 2.05) is 57.9 Å². The van der Waals surface area contributed by atoms with Gasteiger partial charge in [0.25, 0.3) is 0 Å². The number of aromatic nitrogens is 2. The van der Waals surface area contributed by atoms with Gasteiger partial charge in [-0.3, -0.25) is 4.79 Å². The summed E-state index contributed by atoms with van der Waals surface area (Å²) in [5, 5.41) is 15.7. The Morgan fingerprint density at radius 3 is 2.57 bits per heavy atom. The van der Waals surface area contributed by atoms with Crippen LogP contribution in [0.15, 0.2) is 62.4 Å². The molecule has 3 aromatic heterocycles. The molecule has 4 aromatic rings. The summed E-state index contributed by atoms with van der Waals surface area (Å²) < 4.78 is 5.26. The lowest BCUT2D eigenvalue weighted by Gasteiger charge is -2.18. The van der Waals surface area contributed by atoms with Gasteiger partial charge in [0.05, 0.1) is 6.04 Å². The highest BCUT2D eigenvalue weighted by Crippen LogP contribution is 2.26. The number of carbonyl (C=O) groups is 1. The number of nitrogens with one attached hydrogen (secondary N) is 1. The Labute approximate surface area is 175 Å². The predicted octanol–water partition coefficient (Wildman–Crippen LogP) is 5.35. The van der Waals surface area contributed by atoms with Gasteiger partial charge in [0.2, 0.25) is 17.6 Å². The summed E-state index contributed by atoms with van der Waals surface area (Å²) in [7, 11) is 0. The van der Waals surface area contributed by atoms with Crippen LogP contribution in [0.25, 0.3) is 11.4 Å². The second-order valence-electron chi connectivity index (χ2n) is 6.13. The number of carbonyl (C=O) groups excluding carboxylic acids is 1. The molecule has 3 heterocycles. The van der Waals surface area contributed by atoms with Gasteiger partial charge in [-0.2, -0.15) is 27.7 Å². The molecule has 0 radical (unpaired) electrons. The van der Waals surface area contributed by atoms with E-state index < -0.39 is 0 Å². The molecule has 0 fully saturated rings. The van der Waals surface area contributed by atoms with Gasteiger partial charge in [0.1, 0.15) is 0 Å². The second-order valence-corrected chi connectivity index (χ2v) is 8.13. The lowest BCUT2D eigenvalue weighted by molar-refractivity contribution is -0.121. The van der Waals surface area contributed by atoms with Crippen LogP contribution in [-0.2, 0) is 11.2 Å². The Morgan fingerprint density at radius 1 is 1.07 bits per heavy atom. The first-order valence-electron chi connectivity index (χ1n) is 8.61. The quantitative estimate of drug-likeness (QED) is 0.430. The van der Waals surface area contributed by atoms with Gasteiger partial charge in [-0.15, -0.1) is 0 Å². The van der Waals surface area contributed by atoms with E-state index in [0.717, 1.165) is 16.7 Å². The van der Waals surface area contributed by atoms with Crippen LogP contribution in [0.5, 0.6) is 0 Å². The van der Waals surface area contributed by atoms with Crippen molar-refractivity contribution < 1.29 is 9.32 Å². The molecule has 1 amide bonds. The van der Waals surface area contributed by atoms with E-state index in [1.165, 1.54) is 0 Å². The van der Waals surface area contributed by atoms with Crippen LogP contribution in [0.3, 0.4) is 0 Å². The molecule has 0 aliphatic heterocycles. The molecule has 1 N–H and O–H groups in total. The number of halogens is 1. The van der Waals surface area contributed by atoms with Gasteiger partial charge in [0, 0.05) is 28.8 Å². The number of aryl methyl sites for hydroxylation is 1. The molecule has 0 saturated carbocycles. The fourth-order valence-corrected chi connectivity index (χ4v) is 4.22. The molecule has 0 bridgehead atoms. The molecule has 0 aliphatic rings. The summed E-state index contributed by atoms with van der Waals surface area (Å²) >= 11 is 9.16. The number of amides is 1. The summed E-state index contributed by atoms with van der Waals surface area (Å²) in [4.78, 5) is 16.9. The van der Waals surface area contributed by atoms with Crippen molar-refractivity contribution in [3.8, 4) is 11.4 Å². The third-order valence-electron chi connectivity index (χ3n) is 4.20. The van der Waals surface area contributed by atoms with Gasteiger partial charge in [0.15, 0.2) is 0 Å². The molecular formula is C20H16ClN3O2S2.